The summed E-state index contributed by atoms with van der Waals surface area (Å²) in [6, 6.07) is 20.5. The van der Waals surface area contributed by atoms with Crippen LogP contribution in [0.1, 0.15) is 21.5 Å². The summed E-state index contributed by atoms with van der Waals surface area (Å²) in [4.78, 5) is 12.5. The molecule has 5 nitrogen and oxygen atoms in total. The molecule has 3 aromatic rings. The van der Waals surface area contributed by atoms with Gasteiger partial charge >= 0.3 is 0 Å². The lowest BCUT2D eigenvalue weighted by atomic mass is 10.2. The first-order chi connectivity index (χ1) is 12.8. The molecule has 27 heavy (non-hydrogen) atoms. The molecule has 0 saturated carbocycles. The maximum Gasteiger partial charge on any atom is 0.261 e. The fourth-order valence-electron chi connectivity index (χ4n) is 2.54. The van der Waals surface area contributed by atoms with E-state index < -0.39 is 10.0 Å². The second-order valence-electron chi connectivity index (χ2n) is 6.27. The molecule has 1 amide bonds. The van der Waals surface area contributed by atoms with Crippen LogP contribution in [0.2, 0.25) is 0 Å². The Kier molecular flexibility index (Phi) is 5.28. The van der Waals surface area contributed by atoms with E-state index in [0.29, 0.717) is 11.4 Å². The molecule has 0 spiro atoms. The second-order valence-corrected chi connectivity index (χ2v) is 7.95. The fraction of sp³-hybridized carbons (Fsp3) is 0.0952. The van der Waals surface area contributed by atoms with Crippen molar-refractivity contribution < 1.29 is 13.2 Å². The monoisotopic (exact) mass is 380 g/mol. The number of sulfonamides is 1. The molecule has 3 aromatic carbocycles. The van der Waals surface area contributed by atoms with Crippen LogP contribution in [-0.2, 0) is 10.0 Å². The molecule has 0 atom stereocenters. The zero-order valence-electron chi connectivity index (χ0n) is 15.1. The summed E-state index contributed by atoms with van der Waals surface area (Å²) in [7, 11) is -3.80. The van der Waals surface area contributed by atoms with Gasteiger partial charge in [0.2, 0.25) is 0 Å². The molecule has 0 bridgehead atoms. The van der Waals surface area contributed by atoms with Crippen LogP contribution in [0.25, 0.3) is 0 Å². The van der Waals surface area contributed by atoms with Crippen molar-refractivity contribution in [2.24, 2.45) is 0 Å². The first-order valence-electron chi connectivity index (χ1n) is 8.42. The van der Waals surface area contributed by atoms with Crippen molar-refractivity contribution in [3.8, 4) is 0 Å². The molecule has 2 N–H and O–H groups in total. The van der Waals surface area contributed by atoms with E-state index in [2.05, 4.69) is 10.0 Å². The Bertz CT molecular complexity index is 1070. The Hall–Kier alpha value is -3.12. The smallest absolute Gasteiger partial charge is 0.261 e. The van der Waals surface area contributed by atoms with Gasteiger partial charge in [-0.3, -0.25) is 9.52 Å². The van der Waals surface area contributed by atoms with Crippen molar-refractivity contribution >= 4 is 27.3 Å². The number of anilines is 2. The Labute approximate surface area is 159 Å². The van der Waals surface area contributed by atoms with Gasteiger partial charge in [-0.05, 0) is 55.8 Å². The van der Waals surface area contributed by atoms with E-state index in [1.165, 1.54) is 12.1 Å². The Morgan fingerprint density at radius 1 is 0.852 bits per heavy atom. The van der Waals surface area contributed by atoms with Gasteiger partial charge in [-0.2, -0.15) is 0 Å². The van der Waals surface area contributed by atoms with Gasteiger partial charge < -0.3 is 5.32 Å². The Morgan fingerprint density at radius 2 is 1.56 bits per heavy atom. The summed E-state index contributed by atoms with van der Waals surface area (Å²) in [5.41, 5.74) is 3.32. The molecule has 0 saturated heterocycles. The molecule has 0 aromatic heterocycles. The van der Waals surface area contributed by atoms with Crippen LogP contribution >= 0.6 is 0 Å². The van der Waals surface area contributed by atoms with Crippen molar-refractivity contribution in [2.75, 3.05) is 10.0 Å². The van der Waals surface area contributed by atoms with Crippen molar-refractivity contribution in [1.29, 1.82) is 0 Å². The average molecular weight is 380 g/mol. The standard InChI is InChI=1S/C21H20N2O3S/c1-15-10-12-18(13-11-15)22-21(24)17-7-5-8-19(14-17)27(25,26)23-20-9-4-3-6-16(20)2/h3-14,23H,1-2H3,(H,22,24). The van der Waals surface area contributed by atoms with Gasteiger partial charge in [-0.25, -0.2) is 8.42 Å². The number of hydrogen-bond donors (Lipinski definition) is 2. The predicted octanol–water partition coefficient (Wildman–Crippen LogP) is 4.36. The molecule has 0 radical (unpaired) electrons. The molecule has 0 heterocycles. The summed E-state index contributed by atoms with van der Waals surface area (Å²) >= 11 is 0. The lowest BCUT2D eigenvalue weighted by molar-refractivity contribution is 0.102. The third kappa shape index (κ3) is 4.54. The topological polar surface area (TPSA) is 75.3 Å². The van der Waals surface area contributed by atoms with E-state index in [4.69, 9.17) is 0 Å². The van der Waals surface area contributed by atoms with E-state index in [1.54, 1.807) is 36.4 Å². The van der Waals surface area contributed by atoms with E-state index in [9.17, 15) is 13.2 Å². The third-order valence-electron chi connectivity index (χ3n) is 4.11. The molecule has 0 aliphatic rings. The quantitative estimate of drug-likeness (QED) is 0.691. The molecule has 0 fully saturated rings. The normalized spacial score (nSPS) is 11.0. The Morgan fingerprint density at radius 3 is 2.26 bits per heavy atom. The average Bonchev–Trinajstić information content (AvgIpc) is 2.65. The largest absolute Gasteiger partial charge is 0.322 e. The highest BCUT2D eigenvalue weighted by atomic mass is 32.2. The van der Waals surface area contributed by atoms with E-state index in [1.807, 2.05) is 38.1 Å². The summed E-state index contributed by atoms with van der Waals surface area (Å²) in [5.74, 6) is -0.369. The minimum atomic E-state index is -3.80. The number of carbonyl (C=O) groups excluding carboxylic acids is 1. The number of nitrogens with one attached hydrogen (secondary N) is 2. The van der Waals surface area contributed by atoms with Crippen LogP contribution in [0.4, 0.5) is 11.4 Å². The number of amides is 1. The number of carbonyl (C=O) groups is 1. The van der Waals surface area contributed by atoms with Gasteiger partial charge in [-0.15, -0.1) is 0 Å². The molecule has 0 unspecified atom stereocenters. The van der Waals surface area contributed by atoms with Gasteiger partial charge in [0.15, 0.2) is 0 Å². The lowest BCUT2D eigenvalue weighted by Crippen LogP contribution is -2.16. The number of hydrogen-bond acceptors (Lipinski definition) is 3. The van der Waals surface area contributed by atoms with Gasteiger partial charge in [0.25, 0.3) is 15.9 Å². The number of rotatable bonds is 5. The van der Waals surface area contributed by atoms with Gasteiger partial charge in [-0.1, -0.05) is 42.0 Å². The fourth-order valence-corrected chi connectivity index (χ4v) is 3.71. The van der Waals surface area contributed by atoms with Crippen LogP contribution in [0, 0.1) is 13.8 Å². The first kappa shape index (κ1) is 18.7. The number of benzene rings is 3. The molecular weight excluding hydrogens is 360 g/mol. The third-order valence-corrected chi connectivity index (χ3v) is 5.47. The summed E-state index contributed by atoms with van der Waals surface area (Å²) in [5, 5.41) is 2.77. The SMILES string of the molecule is Cc1ccc(NC(=O)c2cccc(S(=O)(=O)Nc3ccccc3C)c2)cc1. The minimum absolute atomic E-state index is 0.0299. The molecule has 6 heteroatoms. The zero-order valence-corrected chi connectivity index (χ0v) is 15.9. The molecule has 0 aliphatic heterocycles. The minimum Gasteiger partial charge on any atom is -0.322 e. The molecule has 0 aliphatic carbocycles. The zero-order chi connectivity index (χ0) is 19.4. The summed E-state index contributed by atoms with van der Waals surface area (Å²) in [6.07, 6.45) is 0. The van der Waals surface area contributed by atoms with Crippen molar-refractivity contribution in [3.63, 3.8) is 0 Å². The van der Waals surface area contributed by atoms with Crippen LogP contribution in [-0.4, -0.2) is 14.3 Å². The van der Waals surface area contributed by atoms with Crippen LogP contribution in [0.3, 0.4) is 0 Å². The van der Waals surface area contributed by atoms with E-state index in [0.717, 1.165) is 11.1 Å². The van der Waals surface area contributed by atoms with Crippen LogP contribution < -0.4 is 10.0 Å². The maximum absolute atomic E-state index is 12.7. The van der Waals surface area contributed by atoms with Crippen molar-refractivity contribution in [2.45, 2.75) is 18.7 Å². The van der Waals surface area contributed by atoms with Gasteiger partial charge in [0, 0.05) is 11.3 Å². The second kappa shape index (κ2) is 7.63. The summed E-state index contributed by atoms with van der Waals surface area (Å²) < 4.78 is 27.9. The van der Waals surface area contributed by atoms with Crippen molar-refractivity contribution in [1.82, 2.24) is 0 Å². The number of para-hydroxylation sites is 1. The lowest BCUT2D eigenvalue weighted by Gasteiger charge is -2.11. The van der Waals surface area contributed by atoms with E-state index >= 15 is 0 Å². The highest BCUT2D eigenvalue weighted by Crippen LogP contribution is 2.20. The van der Waals surface area contributed by atoms with Crippen LogP contribution in [0.15, 0.2) is 77.7 Å². The maximum atomic E-state index is 12.7. The highest BCUT2D eigenvalue weighted by molar-refractivity contribution is 7.92. The van der Waals surface area contributed by atoms with Gasteiger partial charge in [0.05, 0.1) is 10.6 Å². The van der Waals surface area contributed by atoms with Gasteiger partial charge in [0.1, 0.15) is 0 Å². The van der Waals surface area contributed by atoms with E-state index in [-0.39, 0.29) is 16.4 Å². The molecule has 3 rings (SSSR count). The highest BCUT2D eigenvalue weighted by Gasteiger charge is 2.17. The summed E-state index contributed by atoms with van der Waals surface area (Å²) in [6.45, 7) is 3.78. The molecule has 138 valence electrons. The number of aryl methyl sites for hydroxylation is 2. The Balaban J connectivity index is 1.83. The predicted molar refractivity (Wildman–Crippen MR) is 108 cm³/mol. The van der Waals surface area contributed by atoms with Crippen molar-refractivity contribution in [3.05, 3.63) is 89.5 Å². The first-order valence-corrected chi connectivity index (χ1v) is 9.90. The molecular formula is C21H20N2O3S. The van der Waals surface area contributed by atoms with Crippen LogP contribution in [0.5, 0.6) is 0 Å².